The molecule has 0 unspecified atom stereocenters. The zero-order valence-corrected chi connectivity index (χ0v) is 9.77. The van der Waals surface area contributed by atoms with Gasteiger partial charge in [0.05, 0.1) is 11.4 Å². The molecule has 2 nitrogen and oxygen atoms in total. The molecule has 0 radical (unpaired) electrons. The molecule has 1 aliphatic rings. The molecular formula is C12H17ClN2. The Labute approximate surface area is 95.8 Å². The highest BCUT2D eigenvalue weighted by atomic mass is 35.5. The van der Waals surface area contributed by atoms with Crippen molar-refractivity contribution in [2.75, 3.05) is 11.1 Å². The Bertz CT molecular complexity index is 357. The maximum Gasteiger partial charge on any atom is 0.0579 e. The summed E-state index contributed by atoms with van der Waals surface area (Å²) in [6.45, 7) is 2.26. The topological polar surface area (TPSA) is 38.0 Å². The number of hydrogen-bond acceptors (Lipinski definition) is 2. The Morgan fingerprint density at radius 1 is 1.33 bits per heavy atom. The third-order valence-corrected chi connectivity index (χ3v) is 3.39. The fourth-order valence-corrected chi connectivity index (χ4v) is 2.43. The van der Waals surface area contributed by atoms with E-state index in [-0.39, 0.29) is 5.54 Å². The van der Waals surface area contributed by atoms with Gasteiger partial charge in [-0.1, -0.05) is 24.4 Å². The zero-order valence-electron chi connectivity index (χ0n) is 9.02. The second-order valence-corrected chi connectivity index (χ2v) is 5.06. The summed E-state index contributed by atoms with van der Waals surface area (Å²) in [5, 5.41) is 4.22. The lowest BCUT2D eigenvalue weighted by molar-refractivity contribution is 0.533. The minimum absolute atomic E-state index is 0.210. The molecule has 1 fully saturated rings. The van der Waals surface area contributed by atoms with Crippen LogP contribution in [0.25, 0.3) is 0 Å². The average molecular weight is 225 g/mol. The number of nitrogen functional groups attached to an aromatic ring is 1. The van der Waals surface area contributed by atoms with Crippen LogP contribution in [0.3, 0.4) is 0 Å². The summed E-state index contributed by atoms with van der Waals surface area (Å²) in [4.78, 5) is 0. The zero-order chi connectivity index (χ0) is 10.9. The molecule has 3 N–H and O–H groups in total. The lowest BCUT2D eigenvalue weighted by Gasteiger charge is -2.27. The van der Waals surface area contributed by atoms with E-state index < -0.39 is 0 Å². The van der Waals surface area contributed by atoms with E-state index in [2.05, 4.69) is 12.2 Å². The largest absolute Gasteiger partial charge is 0.397 e. The predicted molar refractivity (Wildman–Crippen MR) is 66.4 cm³/mol. The van der Waals surface area contributed by atoms with Gasteiger partial charge in [0.2, 0.25) is 0 Å². The van der Waals surface area contributed by atoms with Gasteiger partial charge in [0.1, 0.15) is 0 Å². The van der Waals surface area contributed by atoms with Gasteiger partial charge in [-0.25, -0.2) is 0 Å². The van der Waals surface area contributed by atoms with Crippen LogP contribution in [0.15, 0.2) is 18.2 Å². The first kappa shape index (κ1) is 10.6. The predicted octanol–water partition coefficient (Wildman–Crippen LogP) is 3.67. The first-order valence-corrected chi connectivity index (χ1v) is 5.80. The molecular weight excluding hydrogens is 208 g/mol. The molecule has 3 heteroatoms. The lowest BCUT2D eigenvalue weighted by Crippen LogP contribution is -2.31. The fourth-order valence-electron chi connectivity index (χ4n) is 2.25. The molecule has 1 aromatic carbocycles. The van der Waals surface area contributed by atoms with E-state index in [0.717, 1.165) is 11.4 Å². The highest BCUT2D eigenvalue weighted by Gasteiger charge is 2.28. The normalized spacial score (nSPS) is 19.1. The van der Waals surface area contributed by atoms with Gasteiger partial charge in [0.15, 0.2) is 0 Å². The van der Waals surface area contributed by atoms with Gasteiger partial charge in [0.25, 0.3) is 0 Å². The molecule has 0 saturated heterocycles. The minimum Gasteiger partial charge on any atom is -0.397 e. The van der Waals surface area contributed by atoms with Crippen LogP contribution in [0.2, 0.25) is 5.02 Å². The number of halogens is 1. The molecule has 2 rings (SSSR count). The number of nitrogens with one attached hydrogen (secondary N) is 1. The molecule has 0 spiro atoms. The first-order chi connectivity index (χ1) is 7.09. The van der Waals surface area contributed by atoms with Gasteiger partial charge in [-0.3, -0.25) is 0 Å². The highest BCUT2D eigenvalue weighted by Crippen LogP contribution is 2.34. The van der Waals surface area contributed by atoms with Crippen LogP contribution >= 0.6 is 11.6 Å². The van der Waals surface area contributed by atoms with Crippen LogP contribution in [0.5, 0.6) is 0 Å². The van der Waals surface area contributed by atoms with E-state index in [9.17, 15) is 0 Å². The summed E-state index contributed by atoms with van der Waals surface area (Å²) in [5.41, 5.74) is 7.86. The van der Waals surface area contributed by atoms with Gasteiger partial charge >= 0.3 is 0 Å². The molecule has 0 atom stereocenters. The van der Waals surface area contributed by atoms with E-state index in [1.54, 1.807) is 6.07 Å². The number of nitrogens with two attached hydrogens (primary N) is 1. The van der Waals surface area contributed by atoms with E-state index in [4.69, 9.17) is 17.3 Å². The third-order valence-electron chi connectivity index (χ3n) is 3.16. The van der Waals surface area contributed by atoms with Crippen LogP contribution in [-0.2, 0) is 0 Å². The summed E-state index contributed by atoms with van der Waals surface area (Å²) in [5.74, 6) is 0. The molecule has 1 aliphatic carbocycles. The second kappa shape index (κ2) is 3.93. The molecule has 15 heavy (non-hydrogen) atoms. The van der Waals surface area contributed by atoms with Gasteiger partial charge < -0.3 is 11.1 Å². The van der Waals surface area contributed by atoms with Crippen molar-refractivity contribution in [3.8, 4) is 0 Å². The van der Waals surface area contributed by atoms with Crippen molar-refractivity contribution in [3.63, 3.8) is 0 Å². The SMILES string of the molecule is CC1(Nc2ccc(Cl)cc2N)CCCC1. The molecule has 0 bridgehead atoms. The fraction of sp³-hybridized carbons (Fsp3) is 0.500. The van der Waals surface area contributed by atoms with Crippen molar-refractivity contribution < 1.29 is 0 Å². The maximum atomic E-state index is 5.91. The van der Waals surface area contributed by atoms with Crippen LogP contribution in [0, 0.1) is 0 Å². The molecule has 0 amide bonds. The summed E-state index contributed by atoms with van der Waals surface area (Å²) in [6.07, 6.45) is 5.04. The summed E-state index contributed by atoms with van der Waals surface area (Å²) in [6, 6.07) is 5.63. The van der Waals surface area contributed by atoms with Crippen molar-refractivity contribution >= 4 is 23.0 Å². The second-order valence-electron chi connectivity index (χ2n) is 4.62. The summed E-state index contributed by atoms with van der Waals surface area (Å²) in [7, 11) is 0. The van der Waals surface area contributed by atoms with E-state index in [0.29, 0.717) is 5.02 Å². The van der Waals surface area contributed by atoms with E-state index >= 15 is 0 Å². The summed E-state index contributed by atoms with van der Waals surface area (Å²) < 4.78 is 0. The quantitative estimate of drug-likeness (QED) is 0.753. The minimum atomic E-state index is 0.210. The van der Waals surface area contributed by atoms with Gasteiger partial charge in [-0.15, -0.1) is 0 Å². The Hall–Kier alpha value is -0.890. The van der Waals surface area contributed by atoms with Crippen LogP contribution < -0.4 is 11.1 Å². The molecule has 0 aromatic heterocycles. The molecule has 0 aliphatic heterocycles. The van der Waals surface area contributed by atoms with E-state index in [1.165, 1.54) is 25.7 Å². The smallest absolute Gasteiger partial charge is 0.0579 e. The lowest BCUT2D eigenvalue weighted by atomic mass is 10.00. The number of rotatable bonds is 2. The van der Waals surface area contributed by atoms with Crippen LogP contribution in [-0.4, -0.2) is 5.54 Å². The first-order valence-electron chi connectivity index (χ1n) is 5.42. The van der Waals surface area contributed by atoms with E-state index in [1.807, 2.05) is 12.1 Å². The van der Waals surface area contributed by atoms with Gasteiger partial charge in [-0.05, 0) is 38.0 Å². The van der Waals surface area contributed by atoms with Crippen molar-refractivity contribution in [3.05, 3.63) is 23.2 Å². The van der Waals surface area contributed by atoms with Gasteiger partial charge in [0, 0.05) is 10.6 Å². The van der Waals surface area contributed by atoms with Crippen LogP contribution in [0.1, 0.15) is 32.6 Å². The number of anilines is 2. The summed E-state index contributed by atoms with van der Waals surface area (Å²) >= 11 is 5.86. The monoisotopic (exact) mass is 224 g/mol. The molecule has 0 heterocycles. The maximum absolute atomic E-state index is 5.91. The number of hydrogen-bond donors (Lipinski definition) is 2. The highest BCUT2D eigenvalue weighted by molar-refractivity contribution is 6.31. The molecule has 1 aromatic rings. The van der Waals surface area contributed by atoms with Crippen LogP contribution in [0.4, 0.5) is 11.4 Å². The Balaban J connectivity index is 2.16. The average Bonchev–Trinajstić information content (AvgIpc) is 2.58. The molecule has 1 saturated carbocycles. The van der Waals surface area contributed by atoms with Crippen molar-refractivity contribution in [2.24, 2.45) is 0 Å². The standard InChI is InChI=1S/C12H17ClN2/c1-12(6-2-3-7-12)15-11-5-4-9(13)8-10(11)14/h4-5,8,15H,2-3,6-7,14H2,1H3. The Morgan fingerprint density at radius 3 is 2.60 bits per heavy atom. The third kappa shape index (κ3) is 2.37. The Morgan fingerprint density at radius 2 is 2.00 bits per heavy atom. The van der Waals surface area contributed by atoms with Crippen molar-refractivity contribution in [2.45, 2.75) is 38.1 Å². The molecule has 82 valence electrons. The number of benzene rings is 1. The van der Waals surface area contributed by atoms with Crippen molar-refractivity contribution in [1.82, 2.24) is 0 Å². The van der Waals surface area contributed by atoms with Gasteiger partial charge in [-0.2, -0.15) is 0 Å². The Kier molecular flexibility index (Phi) is 2.79. The van der Waals surface area contributed by atoms with Crippen molar-refractivity contribution in [1.29, 1.82) is 0 Å².